The monoisotopic (exact) mass is 424 g/mol. The first kappa shape index (κ1) is 20.3. The predicted molar refractivity (Wildman–Crippen MR) is 111 cm³/mol. The van der Waals surface area contributed by atoms with E-state index in [2.05, 4.69) is 27.4 Å². The molecule has 0 saturated heterocycles. The third-order valence-corrected chi connectivity index (χ3v) is 6.17. The second-order valence-corrected chi connectivity index (χ2v) is 8.56. The van der Waals surface area contributed by atoms with Crippen molar-refractivity contribution in [3.63, 3.8) is 0 Å². The molecule has 1 heterocycles. The van der Waals surface area contributed by atoms with Gasteiger partial charge in [-0.3, -0.25) is 0 Å². The highest BCUT2D eigenvalue weighted by atomic mass is 79.9. The summed E-state index contributed by atoms with van der Waals surface area (Å²) in [5, 5.41) is 2.16. The number of thiophene rings is 1. The van der Waals surface area contributed by atoms with Gasteiger partial charge in [0.15, 0.2) is 0 Å². The summed E-state index contributed by atoms with van der Waals surface area (Å²) in [7, 11) is 1.68. The molecule has 4 heteroatoms. The van der Waals surface area contributed by atoms with Crippen LogP contribution >= 0.6 is 27.3 Å². The number of hydrogen-bond donors (Lipinski definition) is 0. The molecule has 0 amide bonds. The van der Waals surface area contributed by atoms with Crippen LogP contribution in [0.5, 0.6) is 11.5 Å². The van der Waals surface area contributed by atoms with Gasteiger partial charge in [-0.05, 0) is 76.5 Å². The zero-order chi connectivity index (χ0) is 17.7. The minimum atomic E-state index is 0.807. The van der Waals surface area contributed by atoms with Crippen molar-refractivity contribution in [3.05, 3.63) is 45.1 Å². The van der Waals surface area contributed by atoms with E-state index in [0.717, 1.165) is 24.5 Å². The number of aryl methyl sites for hydroxylation is 1. The molecular weight excluding hydrogens is 396 g/mol. The summed E-state index contributed by atoms with van der Waals surface area (Å²) in [6.45, 7) is 0.807. The zero-order valence-electron chi connectivity index (χ0n) is 15.1. The van der Waals surface area contributed by atoms with Gasteiger partial charge >= 0.3 is 0 Å². The van der Waals surface area contributed by atoms with E-state index >= 15 is 0 Å². The van der Waals surface area contributed by atoms with E-state index in [1.54, 1.807) is 18.4 Å². The summed E-state index contributed by atoms with van der Waals surface area (Å²) in [6.07, 6.45) is 11.7. The van der Waals surface area contributed by atoms with Gasteiger partial charge in [-0.25, -0.2) is 0 Å². The number of unbranched alkanes of at least 4 members (excludes halogenated alkanes) is 7. The largest absolute Gasteiger partial charge is 0.497 e. The number of benzene rings is 1. The normalized spacial score (nSPS) is 10.8. The molecule has 0 bridgehead atoms. The lowest BCUT2D eigenvalue weighted by molar-refractivity contribution is 0.303. The van der Waals surface area contributed by atoms with Gasteiger partial charge in [-0.1, -0.05) is 38.5 Å². The number of hydrogen-bond acceptors (Lipinski definition) is 3. The second-order valence-electron chi connectivity index (χ2n) is 6.32. The van der Waals surface area contributed by atoms with Crippen molar-refractivity contribution in [3.8, 4) is 11.5 Å². The smallest absolute Gasteiger partial charge is 0.119 e. The summed E-state index contributed by atoms with van der Waals surface area (Å²) < 4.78 is 12.2. The van der Waals surface area contributed by atoms with Crippen LogP contribution in [0.15, 0.2) is 39.5 Å². The van der Waals surface area contributed by atoms with Crippen molar-refractivity contribution in [2.45, 2.75) is 57.8 Å². The topological polar surface area (TPSA) is 18.5 Å². The number of ether oxygens (including phenoxy) is 2. The van der Waals surface area contributed by atoms with Gasteiger partial charge in [0.1, 0.15) is 11.5 Å². The first-order valence-electron chi connectivity index (χ1n) is 9.28. The minimum absolute atomic E-state index is 0.807. The third-order valence-electron chi connectivity index (χ3n) is 4.36. The number of methoxy groups -OCH3 is 1. The van der Waals surface area contributed by atoms with Crippen molar-refractivity contribution in [1.82, 2.24) is 0 Å². The molecule has 0 saturated carbocycles. The van der Waals surface area contributed by atoms with E-state index < -0.39 is 0 Å². The molecule has 0 aliphatic carbocycles. The Bertz CT molecular complexity index is 580. The van der Waals surface area contributed by atoms with E-state index in [1.165, 1.54) is 60.7 Å². The zero-order valence-corrected chi connectivity index (χ0v) is 17.5. The highest BCUT2D eigenvalue weighted by Gasteiger charge is 2.00. The molecule has 138 valence electrons. The Balaban J connectivity index is 1.37. The van der Waals surface area contributed by atoms with E-state index in [1.807, 2.05) is 24.3 Å². The summed E-state index contributed by atoms with van der Waals surface area (Å²) in [5.74, 6) is 1.80. The van der Waals surface area contributed by atoms with E-state index in [0.29, 0.717) is 0 Å². The van der Waals surface area contributed by atoms with Crippen LogP contribution < -0.4 is 9.47 Å². The fraction of sp³-hybridized carbons (Fsp3) is 0.524. The maximum atomic E-state index is 5.75. The molecule has 0 aliphatic heterocycles. The minimum Gasteiger partial charge on any atom is -0.497 e. The molecule has 2 rings (SSSR count). The molecule has 0 unspecified atom stereocenters. The summed E-state index contributed by atoms with van der Waals surface area (Å²) in [5.41, 5.74) is 1.47. The highest BCUT2D eigenvalue weighted by Crippen LogP contribution is 2.25. The van der Waals surface area contributed by atoms with Crippen molar-refractivity contribution in [2.75, 3.05) is 13.7 Å². The fourth-order valence-corrected chi connectivity index (χ4v) is 4.17. The van der Waals surface area contributed by atoms with Gasteiger partial charge in [0.05, 0.1) is 17.5 Å². The molecule has 0 radical (unpaired) electrons. The molecule has 0 atom stereocenters. The van der Waals surface area contributed by atoms with Crippen molar-refractivity contribution in [1.29, 1.82) is 0 Å². The first-order chi connectivity index (χ1) is 12.3. The van der Waals surface area contributed by atoms with Gasteiger partial charge in [-0.15, -0.1) is 11.3 Å². The summed E-state index contributed by atoms with van der Waals surface area (Å²) >= 11 is 5.40. The SMILES string of the molecule is COc1ccc(OCCCCCCCCCCc2ccsc2Br)cc1. The van der Waals surface area contributed by atoms with Crippen LogP contribution in [-0.2, 0) is 6.42 Å². The number of halogens is 1. The lowest BCUT2D eigenvalue weighted by Gasteiger charge is -2.07. The van der Waals surface area contributed by atoms with Crippen LogP contribution in [0.2, 0.25) is 0 Å². The molecule has 2 aromatic rings. The average Bonchev–Trinajstić information content (AvgIpc) is 3.05. The van der Waals surface area contributed by atoms with Crippen LogP contribution in [0.4, 0.5) is 0 Å². The molecule has 1 aromatic heterocycles. The van der Waals surface area contributed by atoms with Gasteiger partial charge in [0.2, 0.25) is 0 Å². The Labute approximate surface area is 164 Å². The van der Waals surface area contributed by atoms with Gasteiger partial charge < -0.3 is 9.47 Å². The maximum Gasteiger partial charge on any atom is 0.119 e. The Morgan fingerprint density at radius 3 is 2.00 bits per heavy atom. The third kappa shape index (κ3) is 8.28. The van der Waals surface area contributed by atoms with Gasteiger partial charge in [-0.2, -0.15) is 0 Å². The molecule has 2 nitrogen and oxygen atoms in total. The highest BCUT2D eigenvalue weighted by molar-refractivity contribution is 9.11. The lowest BCUT2D eigenvalue weighted by atomic mass is 10.1. The molecular formula is C21H29BrO2S. The maximum absolute atomic E-state index is 5.75. The van der Waals surface area contributed by atoms with E-state index in [9.17, 15) is 0 Å². The lowest BCUT2D eigenvalue weighted by Crippen LogP contribution is -1.97. The molecule has 0 fully saturated rings. The molecule has 0 N–H and O–H groups in total. The quantitative estimate of drug-likeness (QED) is 0.315. The Kier molecular flexibility index (Phi) is 10.1. The van der Waals surface area contributed by atoms with Crippen molar-refractivity contribution in [2.24, 2.45) is 0 Å². The van der Waals surface area contributed by atoms with Gasteiger partial charge in [0, 0.05) is 0 Å². The van der Waals surface area contributed by atoms with Crippen LogP contribution in [-0.4, -0.2) is 13.7 Å². The number of rotatable bonds is 13. The molecule has 0 spiro atoms. The molecule has 1 aromatic carbocycles. The first-order valence-corrected chi connectivity index (χ1v) is 11.0. The molecule has 25 heavy (non-hydrogen) atoms. The second kappa shape index (κ2) is 12.4. The predicted octanol–water partition coefficient (Wildman–Crippen LogP) is 7.26. The summed E-state index contributed by atoms with van der Waals surface area (Å²) in [4.78, 5) is 0. The van der Waals surface area contributed by atoms with Crippen LogP contribution in [0.1, 0.15) is 56.9 Å². The van der Waals surface area contributed by atoms with Crippen molar-refractivity contribution < 1.29 is 9.47 Å². The Morgan fingerprint density at radius 1 is 0.800 bits per heavy atom. The molecule has 0 aliphatic rings. The van der Waals surface area contributed by atoms with Crippen LogP contribution in [0.25, 0.3) is 0 Å². The Morgan fingerprint density at radius 2 is 1.40 bits per heavy atom. The standard InChI is InChI=1S/C21H29BrO2S/c1-23-19-11-13-20(14-12-19)24-16-9-7-5-3-2-4-6-8-10-18-15-17-25-21(18)22/h11-15,17H,2-10,16H2,1H3. The van der Waals surface area contributed by atoms with E-state index in [4.69, 9.17) is 9.47 Å². The summed E-state index contributed by atoms with van der Waals surface area (Å²) in [6, 6.07) is 10.0. The fourth-order valence-electron chi connectivity index (χ4n) is 2.84. The van der Waals surface area contributed by atoms with Crippen molar-refractivity contribution >= 4 is 27.3 Å². The average molecular weight is 425 g/mol. The van der Waals surface area contributed by atoms with E-state index in [-0.39, 0.29) is 0 Å². The Hall–Kier alpha value is -1.00. The van der Waals surface area contributed by atoms with Crippen LogP contribution in [0.3, 0.4) is 0 Å². The van der Waals surface area contributed by atoms with Gasteiger partial charge in [0.25, 0.3) is 0 Å². The van der Waals surface area contributed by atoms with Crippen LogP contribution in [0, 0.1) is 0 Å².